The number of nitrogens with zero attached hydrogens (tertiary/aromatic N) is 2. The lowest BCUT2D eigenvalue weighted by atomic mass is 10.1. The third-order valence-electron chi connectivity index (χ3n) is 4.46. The molecule has 0 saturated heterocycles. The molecule has 0 radical (unpaired) electrons. The van der Waals surface area contributed by atoms with Gasteiger partial charge in [-0.25, -0.2) is 4.98 Å². The summed E-state index contributed by atoms with van der Waals surface area (Å²) in [5.41, 5.74) is 0.293. The van der Waals surface area contributed by atoms with E-state index >= 15 is 0 Å². The fraction of sp³-hybridized carbons (Fsp3) is 0.333. The van der Waals surface area contributed by atoms with Crippen molar-refractivity contribution >= 4 is 40.6 Å². The predicted octanol–water partition coefficient (Wildman–Crippen LogP) is 5.18. The van der Waals surface area contributed by atoms with Crippen molar-refractivity contribution in [1.29, 1.82) is 0 Å². The zero-order valence-corrected chi connectivity index (χ0v) is 16.0. The highest BCUT2D eigenvalue weighted by Gasteiger charge is 2.24. The minimum Gasteiger partial charge on any atom is -0.490 e. The standard InChI is InChI=1S/C18H17Cl2N3O4/c1-10-14(23(25)26)8-11(9-15(10)27-12-4-2-3-5-12)18(24)22-17-16(20)13(19)6-7-21-17/h6-9,12H,2-5H2,1H3,(H,21,22,24). The van der Waals surface area contributed by atoms with Crippen LogP contribution in [-0.4, -0.2) is 21.9 Å². The molecule has 1 aromatic carbocycles. The van der Waals surface area contributed by atoms with E-state index in [1.165, 1.54) is 24.4 Å². The summed E-state index contributed by atoms with van der Waals surface area (Å²) in [6.45, 7) is 1.61. The van der Waals surface area contributed by atoms with E-state index in [1.54, 1.807) is 6.92 Å². The summed E-state index contributed by atoms with van der Waals surface area (Å²) < 4.78 is 5.93. The minimum absolute atomic E-state index is 0.00524. The van der Waals surface area contributed by atoms with E-state index in [0.29, 0.717) is 11.3 Å². The molecule has 9 heteroatoms. The second-order valence-electron chi connectivity index (χ2n) is 6.31. The van der Waals surface area contributed by atoms with E-state index in [1.807, 2.05) is 0 Å². The molecule has 0 aliphatic heterocycles. The van der Waals surface area contributed by atoms with Gasteiger partial charge in [0.05, 0.1) is 27.2 Å². The predicted molar refractivity (Wildman–Crippen MR) is 103 cm³/mol. The number of anilines is 1. The van der Waals surface area contributed by atoms with Crippen LogP contribution in [0.1, 0.15) is 41.6 Å². The van der Waals surface area contributed by atoms with Gasteiger partial charge in [0.25, 0.3) is 11.6 Å². The Balaban J connectivity index is 1.93. The molecule has 3 rings (SSSR count). The summed E-state index contributed by atoms with van der Waals surface area (Å²) in [6, 6.07) is 4.21. The normalized spacial score (nSPS) is 14.2. The van der Waals surface area contributed by atoms with Crippen molar-refractivity contribution in [2.75, 3.05) is 5.32 Å². The van der Waals surface area contributed by atoms with E-state index < -0.39 is 10.8 Å². The molecule has 7 nitrogen and oxygen atoms in total. The van der Waals surface area contributed by atoms with Gasteiger partial charge in [0.2, 0.25) is 0 Å². The fourth-order valence-corrected chi connectivity index (χ4v) is 3.29. The van der Waals surface area contributed by atoms with Crippen molar-refractivity contribution in [3.63, 3.8) is 0 Å². The van der Waals surface area contributed by atoms with Crippen LogP contribution in [0.4, 0.5) is 11.5 Å². The first-order valence-electron chi connectivity index (χ1n) is 8.44. The second kappa shape index (κ2) is 8.10. The number of hydrogen-bond acceptors (Lipinski definition) is 5. The highest BCUT2D eigenvalue weighted by Crippen LogP contribution is 2.34. The van der Waals surface area contributed by atoms with Gasteiger partial charge in [-0.1, -0.05) is 23.2 Å². The molecule has 1 saturated carbocycles. The van der Waals surface area contributed by atoms with Gasteiger partial charge in [0, 0.05) is 12.3 Å². The monoisotopic (exact) mass is 409 g/mol. The SMILES string of the molecule is Cc1c(OC2CCCC2)cc(C(=O)Nc2nccc(Cl)c2Cl)cc1[N+](=O)[O-]. The van der Waals surface area contributed by atoms with Gasteiger partial charge >= 0.3 is 0 Å². The van der Waals surface area contributed by atoms with E-state index in [2.05, 4.69) is 10.3 Å². The molecule has 1 heterocycles. The number of aromatic nitrogens is 1. The van der Waals surface area contributed by atoms with Gasteiger partial charge in [-0.05, 0) is 44.7 Å². The number of hydrogen-bond donors (Lipinski definition) is 1. The van der Waals surface area contributed by atoms with E-state index in [9.17, 15) is 14.9 Å². The maximum Gasteiger partial charge on any atom is 0.276 e. The number of rotatable bonds is 5. The molecule has 0 unspecified atom stereocenters. The molecule has 0 bridgehead atoms. The lowest BCUT2D eigenvalue weighted by Gasteiger charge is -2.16. The fourth-order valence-electron chi connectivity index (χ4n) is 2.99. The third kappa shape index (κ3) is 4.31. The molecule has 0 spiro atoms. The number of amides is 1. The Morgan fingerprint density at radius 1 is 1.33 bits per heavy atom. The number of carbonyl (C=O) groups is 1. The average molecular weight is 410 g/mol. The molecule has 1 aliphatic carbocycles. The Hall–Kier alpha value is -2.38. The smallest absolute Gasteiger partial charge is 0.276 e. The van der Waals surface area contributed by atoms with Gasteiger partial charge in [-0.3, -0.25) is 14.9 Å². The van der Waals surface area contributed by atoms with Gasteiger partial charge in [0.15, 0.2) is 5.82 Å². The zero-order chi connectivity index (χ0) is 19.6. The number of ether oxygens (including phenoxy) is 1. The van der Waals surface area contributed by atoms with Crippen molar-refractivity contribution in [3.05, 3.63) is 55.7 Å². The van der Waals surface area contributed by atoms with Gasteiger partial charge < -0.3 is 10.1 Å². The van der Waals surface area contributed by atoms with Crippen molar-refractivity contribution in [1.82, 2.24) is 4.98 Å². The molecule has 1 aliphatic rings. The van der Waals surface area contributed by atoms with Gasteiger partial charge in [0.1, 0.15) is 10.8 Å². The van der Waals surface area contributed by atoms with Crippen LogP contribution in [0.25, 0.3) is 0 Å². The number of nitrogens with one attached hydrogen (secondary N) is 1. The van der Waals surface area contributed by atoms with Crippen molar-refractivity contribution < 1.29 is 14.5 Å². The molecule has 2 aromatic rings. The quantitative estimate of drug-likeness (QED) is 0.542. The maximum atomic E-state index is 12.6. The number of pyridine rings is 1. The summed E-state index contributed by atoms with van der Waals surface area (Å²) in [7, 11) is 0. The highest BCUT2D eigenvalue weighted by atomic mass is 35.5. The van der Waals surface area contributed by atoms with Crippen LogP contribution < -0.4 is 10.1 Å². The Kier molecular flexibility index (Phi) is 5.82. The Labute approximate surface area is 165 Å². The van der Waals surface area contributed by atoms with Crippen LogP contribution in [0.5, 0.6) is 5.75 Å². The summed E-state index contributed by atoms with van der Waals surface area (Å²) in [5.74, 6) is -0.173. The summed E-state index contributed by atoms with van der Waals surface area (Å²) in [5, 5.41) is 14.3. The molecule has 1 aromatic heterocycles. The molecule has 1 N–H and O–H groups in total. The minimum atomic E-state index is -0.592. The second-order valence-corrected chi connectivity index (χ2v) is 7.09. The Morgan fingerprint density at radius 3 is 2.70 bits per heavy atom. The van der Waals surface area contributed by atoms with Gasteiger partial charge in [-0.15, -0.1) is 0 Å². The zero-order valence-electron chi connectivity index (χ0n) is 14.5. The van der Waals surface area contributed by atoms with Crippen LogP contribution in [-0.2, 0) is 0 Å². The highest BCUT2D eigenvalue weighted by molar-refractivity contribution is 6.43. The molecule has 1 amide bonds. The first kappa shape index (κ1) is 19.4. The molecule has 142 valence electrons. The van der Waals surface area contributed by atoms with Crippen molar-refractivity contribution in [3.8, 4) is 5.75 Å². The molecule has 27 heavy (non-hydrogen) atoms. The lowest BCUT2D eigenvalue weighted by Crippen LogP contribution is -2.16. The lowest BCUT2D eigenvalue weighted by molar-refractivity contribution is -0.385. The summed E-state index contributed by atoms with van der Waals surface area (Å²) in [4.78, 5) is 27.5. The number of nitro benzene ring substituents is 1. The largest absolute Gasteiger partial charge is 0.490 e. The molecule has 0 atom stereocenters. The third-order valence-corrected chi connectivity index (χ3v) is 5.26. The summed E-state index contributed by atoms with van der Waals surface area (Å²) >= 11 is 12.0. The molecule has 1 fully saturated rings. The summed E-state index contributed by atoms with van der Waals surface area (Å²) in [6.07, 6.45) is 5.31. The van der Waals surface area contributed by atoms with Crippen LogP contribution >= 0.6 is 23.2 Å². The van der Waals surface area contributed by atoms with Crippen LogP contribution in [0.3, 0.4) is 0 Å². The average Bonchev–Trinajstić information content (AvgIpc) is 3.13. The van der Waals surface area contributed by atoms with Crippen molar-refractivity contribution in [2.45, 2.75) is 38.7 Å². The first-order valence-corrected chi connectivity index (χ1v) is 9.19. The number of halogens is 2. The van der Waals surface area contributed by atoms with Crippen LogP contribution in [0.15, 0.2) is 24.4 Å². The van der Waals surface area contributed by atoms with E-state index in [0.717, 1.165) is 25.7 Å². The molecular weight excluding hydrogens is 393 g/mol. The Bertz CT molecular complexity index is 898. The van der Waals surface area contributed by atoms with E-state index in [-0.39, 0.29) is 33.2 Å². The van der Waals surface area contributed by atoms with Crippen molar-refractivity contribution in [2.24, 2.45) is 0 Å². The number of carbonyl (C=O) groups excluding carboxylic acids is 1. The van der Waals surface area contributed by atoms with Gasteiger partial charge in [-0.2, -0.15) is 0 Å². The van der Waals surface area contributed by atoms with Crippen LogP contribution in [0, 0.1) is 17.0 Å². The topological polar surface area (TPSA) is 94.4 Å². The Morgan fingerprint density at radius 2 is 2.04 bits per heavy atom. The molecular formula is C18H17Cl2N3O4. The number of nitro groups is 1. The first-order chi connectivity index (χ1) is 12.9. The van der Waals surface area contributed by atoms with E-state index in [4.69, 9.17) is 27.9 Å². The number of benzene rings is 1. The maximum absolute atomic E-state index is 12.6. The van der Waals surface area contributed by atoms with Crippen LogP contribution in [0.2, 0.25) is 10.0 Å².